The first kappa shape index (κ1) is 15.1. The molecule has 2 heterocycles. The second-order valence-electron chi connectivity index (χ2n) is 4.27. The Morgan fingerprint density at radius 1 is 1.25 bits per heavy atom. The minimum atomic E-state index is -4.41. The van der Waals surface area contributed by atoms with E-state index in [2.05, 4.69) is 26.1 Å². The first-order chi connectivity index (χ1) is 9.36. The summed E-state index contributed by atoms with van der Waals surface area (Å²) in [6, 6.07) is 0.974. The molecule has 0 fully saturated rings. The van der Waals surface area contributed by atoms with Gasteiger partial charge in [0.2, 0.25) is 0 Å². The Kier molecular flexibility index (Phi) is 4.22. The zero-order valence-electron chi connectivity index (χ0n) is 11.1. The number of hydrogen-bond donors (Lipinski definition) is 0. The SMILES string of the molecule is CCc1nn(CC)c(Cn2ccc(C(F)(F)F)n2)c1Br. The average Bonchev–Trinajstić information content (AvgIpc) is 2.96. The van der Waals surface area contributed by atoms with Crippen molar-refractivity contribution in [2.24, 2.45) is 0 Å². The average molecular weight is 351 g/mol. The molecule has 2 aromatic rings. The van der Waals surface area contributed by atoms with Gasteiger partial charge in [-0.2, -0.15) is 23.4 Å². The summed E-state index contributed by atoms with van der Waals surface area (Å²) in [6.45, 7) is 4.82. The fraction of sp³-hybridized carbons (Fsp3) is 0.500. The molecular formula is C12H14BrF3N4. The zero-order valence-corrected chi connectivity index (χ0v) is 12.7. The van der Waals surface area contributed by atoms with Crippen LogP contribution in [-0.2, 0) is 25.7 Å². The summed E-state index contributed by atoms with van der Waals surface area (Å²) >= 11 is 3.46. The molecule has 0 spiro atoms. The smallest absolute Gasteiger partial charge is 0.267 e. The third-order valence-corrected chi connectivity index (χ3v) is 3.85. The summed E-state index contributed by atoms with van der Waals surface area (Å²) in [5.41, 5.74) is 0.832. The van der Waals surface area contributed by atoms with Crippen molar-refractivity contribution >= 4 is 15.9 Å². The van der Waals surface area contributed by atoms with Crippen molar-refractivity contribution in [1.29, 1.82) is 0 Å². The summed E-state index contributed by atoms with van der Waals surface area (Å²) in [5.74, 6) is 0. The number of halogens is 4. The summed E-state index contributed by atoms with van der Waals surface area (Å²) in [7, 11) is 0. The molecule has 4 nitrogen and oxygen atoms in total. The lowest BCUT2D eigenvalue weighted by Crippen LogP contribution is -2.11. The van der Waals surface area contributed by atoms with Gasteiger partial charge in [0.1, 0.15) is 0 Å². The summed E-state index contributed by atoms with van der Waals surface area (Å²) < 4.78 is 41.5. The van der Waals surface area contributed by atoms with Gasteiger partial charge in [-0.05, 0) is 35.3 Å². The van der Waals surface area contributed by atoms with Gasteiger partial charge in [-0.25, -0.2) is 0 Å². The first-order valence-corrected chi connectivity index (χ1v) is 7.00. The molecular weight excluding hydrogens is 337 g/mol. The van der Waals surface area contributed by atoms with Crippen molar-refractivity contribution in [1.82, 2.24) is 19.6 Å². The van der Waals surface area contributed by atoms with E-state index in [0.717, 1.165) is 28.3 Å². The molecule has 0 aliphatic carbocycles. The molecule has 2 aromatic heterocycles. The molecule has 0 N–H and O–H groups in total. The van der Waals surface area contributed by atoms with E-state index in [1.165, 1.54) is 10.9 Å². The molecule has 0 amide bonds. The minimum Gasteiger partial charge on any atom is -0.267 e. The van der Waals surface area contributed by atoms with Crippen molar-refractivity contribution < 1.29 is 13.2 Å². The van der Waals surface area contributed by atoms with Gasteiger partial charge in [0, 0.05) is 12.7 Å². The number of aryl methyl sites for hydroxylation is 2. The molecule has 0 saturated heterocycles. The molecule has 0 atom stereocenters. The molecule has 0 unspecified atom stereocenters. The summed E-state index contributed by atoms with van der Waals surface area (Å²) in [4.78, 5) is 0. The van der Waals surface area contributed by atoms with Crippen LogP contribution in [0.15, 0.2) is 16.7 Å². The Bertz CT molecular complexity index is 600. The van der Waals surface area contributed by atoms with Crippen LogP contribution in [0.1, 0.15) is 30.9 Å². The Hall–Kier alpha value is -1.31. The number of rotatable bonds is 4. The zero-order chi connectivity index (χ0) is 14.9. The van der Waals surface area contributed by atoms with Crippen molar-refractivity contribution in [3.63, 3.8) is 0 Å². The van der Waals surface area contributed by atoms with Crippen molar-refractivity contribution in [3.05, 3.63) is 33.8 Å². The van der Waals surface area contributed by atoms with Gasteiger partial charge in [0.15, 0.2) is 5.69 Å². The predicted molar refractivity (Wildman–Crippen MR) is 71.3 cm³/mol. The van der Waals surface area contributed by atoms with Gasteiger partial charge in [-0.3, -0.25) is 9.36 Å². The highest BCUT2D eigenvalue weighted by molar-refractivity contribution is 9.10. The van der Waals surface area contributed by atoms with Gasteiger partial charge in [-0.15, -0.1) is 0 Å². The topological polar surface area (TPSA) is 35.6 Å². The van der Waals surface area contributed by atoms with E-state index in [0.29, 0.717) is 6.54 Å². The van der Waals surface area contributed by atoms with E-state index in [9.17, 15) is 13.2 Å². The molecule has 0 radical (unpaired) electrons. The fourth-order valence-electron chi connectivity index (χ4n) is 1.92. The standard InChI is InChI=1S/C12H14BrF3N4/c1-3-8-11(13)9(20(4-2)17-8)7-19-6-5-10(18-19)12(14,15)16/h5-6H,3-4,7H2,1-2H3. The highest BCUT2D eigenvalue weighted by Crippen LogP contribution is 2.28. The molecule has 0 saturated carbocycles. The van der Waals surface area contributed by atoms with Crippen molar-refractivity contribution in [2.75, 3.05) is 0 Å². The predicted octanol–water partition coefficient (Wildman–Crippen LogP) is 3.49. The van der Waals surface area contributed by atoms with E-state index in [4.69, 9.17) is 0 Å². The largest absolute Gasteiger partial charge is 0.435 e. The van der Waals surface area contributed by atoms with E-state index in [1.807, 2.05) is 13.8 Å². The molecule has 0 aliphatic heterocycles. The highest BCUT2D eigenvalue weighted by atomic mass is 79.9. The van der Waals surface area contributed by atoms with Crippen LogP contribution in [-0.4, -0.2) is 19.6 Å². The van der Waals surface area contributed by atoms with Gasteiger partial charge in [0.25, 0.3) is 0 Å². The number of aromatic nitrogens is 4. The maximum absolute atomic E-state index is 12.5. The maximum atomic E-state index is 12.5. The molecule has 0 bridgehead atoms. The van der Waals surface area contributed by atoms with Crippen molar-refractivity contribution in [2.45, 2.75) is 39.5 Å². The van der Waals surface area contributed by atoms with Gasteiger partial charge in [-0.1, -0.05) is 6.92 Å². The lowest BCUT2D eigenvalue weighted by atomic mass is 10.3. The Labute approximate surface area is 122 Å². The number of nitrogens with zero attached hydrogens (tertiary/aromatic N) is 4. The molecule has 20 heavy (non-hydrogen) atoms. The second-order valence-corrected chi connectivity index (χ2v) is 5.07. The third kappa shape index (κ3) is 2.89. The third-order valence-electron chi connectivity index (χ3n) is 2.94. The van der Waals surface area contributed by atoms with Gasteiger partial charge < -0.3 is 0 Å². The summed E-state index contributed by atoms with van der Waals surface area (Å²) in [6.07, 6.45) is -2.33. The van der Waals surface area contributed by atoms with Crippen LogP contribution in [0.4, 0.5) is 13.2 Å². The quantitative estimate of drug-likeness (QED) is 0.845. The minimum absolute atomic E-state index is 0.248. The number of alkyl halides is 3. The van der Waals surface area contributed by atoms with Gasteiger partial charge >= 0.3 is 6.18 Å². The van der Waals surface area contributed by atoms with E-state index < -0.39 is 11.9 Å². The summed E-state index contributed by atoms with van der Waals surface area (Å²) in [5, 5.41) is 7.96. The van der Waals surface area contributed by atoms with Crippen LogP contribution in [0.3, 0.4) is 0 Å². The van der Waals surface area contributed by atoms with Crippen LogP contribution in [0.5, 0.6) is 0 Å². The fourth-order valence-corrected chi connectivity index (χ4v) is 2.61. The Morgan fingerprint density at radius 2 is 1.95 bits per heavy atom. The monoisotopic (exact) mass is 350 g/mol. The molecule has 2 rings (SSSR count). The first-order valence-electron chi connectivity index (χ1n) is 6.21. The lowest BCUT2D eigenvalue weighted by molar-refractivity contribution is -0.141. The van der Waals surface area contributed by atoms with E-state index >= 15 is 0 Å². The highest BCUT2D eigenvalue weighted by Gasteiger charge is 2.33. The molecule has 0 aliphatic rings. The maximum Gasteiger partial charge on any atom is 0.435 e. The van der Waals surface area contributed by atoms with Crippen molar-refractivity contribution in [3.8, 4) is 0 Å². The molecule has 110 valence electrons. The normalized spacial score (nSPS) is 12.1. The van der Waals surface area contributed by atoms with Crippen LogP contribution < -0.4 is 0 Å². The second kappa shape index (κ2) is 5.59. The Morgan fingerprint density at radius 3 is 2.45 bits per heavy atom. The number of hydrogen-bond acceptors (Lipinski definition) is 2. The van der Waals surface area contributed by atoms with Gasteiger partial charge in [0.05, 0.1) is 22.4 Å². The van der Waals surface area contributed by atoms with Crippen LogP contribution in [0, 0.1) is 0 Å². The lowest BCUT2D eigenvalue weighted by Gasteiger charge is -2.06. The van der Waals surface area contributed by atoms with E-state index in [-0.39, 0.29) is 6.54 Å². The van der Waals surface area contributed by atoms with Crippen LogP contribution in [0.2, 0.25) is 0 Å². The van der Waals surface area contributed by atoms with Crippen LogP contribution >= 0.6 is 15.9 Å². The van der Waals surface area contributed by atoms with Crippen LogP contribution in [0.25, 0.3) is 0 Å². The molecule has 0 aromatic carbocycles. The Balaban J connectivity index is 2.30. The molecule has 8 heteroatoms. The van der Waals surface area contributed by atoms with E-state index in [1.54, 1.807) is 4.68 Å².